The molecule has 2 rings (SSSR count). The van der Waals surface area contributed by atoms with Crippen molar-refractivity contribution in [2.45, 2.75) is 38.6 Å². The summed E-state index contributed by atoms with van der Waals surface area (Å²) in [5.74, 6) is 0.0220. The molecule has 1 saturated carbocycles. The van der Waals surface area contributed by atoms with Crippen LogP contribution < -0.4 is 10.6 Å². The van der Waals surface area contributed by atoms with Crippen LogP contribution in [0.3, 0.4) is 0 Å². The number of hydrogen-bond acceptors (Lipinski definition) is 3. The summed E-state index contributed by atoms with van der Waals surface area (Å²) in [5, 5.41) is 0. The molecule has 4 nitrogen and oxygen atoms in total. The maximum atomic E-state index is 12.1. The predicted molar refractivity (Wildman–Crippen MR) is 84.1 cm³/mol. The Kier molecular flexibility index (Phi) is 4.53. The van der Waals surface area contributed by atoms with Gasteiger partial charge in [-0.15, -0.1) is 0 Å². The Bertz CT molecular complexity index is 479. The van der Waals surface area contributed by atoms with E-state index in [4.69, 9.17) is 5.73 Å². The Morgan fingerprint density at radius 1 is 1.30 bits per heavy atom. The first-order chi connectivity index (χ1) is 9.54. The highest BCUT2D eigenvalue weighted by molar-refractivity contribution is 5.96. The first-order valence-corrected chi connectivity index (χ1v) is 7.42. The van der Waals surface area contributed by atoms with Crippen molar-refractivity contribution in [3.8, 4) is 0 Å². The van der Waals surface area contributed by atoms with Gasteiger partial charge in [0, 0.05) is 32.2 Å². The van der Waals surface area contributed by atoms with Crippen LogP contribution in [0.1, 0.15) is 43.0 Å². The quantitative estimate of drug-likeness (QED) is 0.860. The molecule has 0 saturated heterocycles. The smallest absolute Gasteiger partial charge is 0.253 e. The SMILES string of the molecule is CCN(c1cc(C(=O)N(C)C)ccc1N)C1CCCC1. The molecule has 4 heteroatoms. The third-order valence-electron chi connectivity index (χ3n) is 4.10. The predicted octanol–water partition coefficient (Wildman–Crippen LogP) is 2.74. The monoisotopic (exact) mass is 275 g/mol. The summed E-state index contributed by atoms with van der Waals surface area (Å²) in [6, 6.07) is 6.17. The highest BCUT2D eigenvalue weighted by atomic mass is 16.2. The summed E-state index contributed by atoms with van der Waals surface area (Å²) in [5.41, 5.74) is 8.61. The van der Waals surface area contributed by atoms with Gasteiger partial charge in [0.2, 0.25) is 0 Å². The van der Waals surface area contributed by atoms with Crippen molar-refractivity contribution in [3.05, 3.63) is 23.8 Å². The van der Waals surface area contributed by atoms with Gasteiger partial charge >= 0.3 is 0 Å². The Morgan fingerprint density at radius 2 is 1.95 bits per heavy atom. The second-order valence-electron chi connectivity index (χ2n) is 5.70. The molecule has 0 heterocycles. The molecule has 0 aliphatic heterocycles. The summed E-state index contributed by atoms with van der Waals surface area (Å²) < 4.78 is 0. The fraction of sp³-hybridized carbons (Fsp3) is 0.562. The van der Waals surface area contributed by atoms with Gasteiger partial charge < -0.3 is 15.5 Å². The van der Waals surface area contributed by atoms with Crippen molar-refractivity contribution < 1.29 is 4.79 Å². The third-order valence-corrected chi connectivity index (χ3v) is 4.10. The summed E-state index contributed by atoms with van der Waals surface area (Å²) in [4.78, 5) is 16.1. The number of hydrogen-bond donors (Lipinski definition) is 1. The molecule has 2 N–H and O–H groups in total. The lowest BCUT2D eigenvalue weighted by Gasteiger charge is -2.31. The van der Waals surface area contributed by atoms with Crippen LogP contribution in [0.15, 0.2) is 18.2 Å². The number of benzene rings is 1. The second kappa shape index (κ2) is 6.16. The summed E-state index contributed by atoms with van der Waals surface area (Å²) in [6.45, 7) is 3.08. The Labute approximate surface area is 121 Å². The van der Waals surface area contributed by atoms with E-state index in [1.807, 2.05) is 18.2 Å². The van der Waals surface area contributed by atoms with Crippen molar-refractivity contribution in [2.75, 3.05) is 31.3 Å². The van der Waals surface area contributed by atoms with Crippen molar-refractivity contribution in [1.82, 2.24) is 4.90 Å². The van der Waals surface area contributed by atoms with E-state index in [9.17, 15) is 4.79 Å². The fourth-order valence-corrected chi connectivity index (χ4v) is 3.02. The van der Waals surface area contributed by atoms with Crippen LogP contribution >= 0.6 is 0 Å². The molecule has 1 aromatic rings. The van der Waals surface area contributed by atoms with E-state index < -0.39 is 0 Å². The van der Waals surface area contributed by atoms with Gasteiger partial charge in [-0.05, 0) is 38.0 Å². The first kappa shape index (κ1) is 14.7. The number of amides is 1. The van der Waals surface area contributed by atoms with Gasteiger partial charge in [-0.3, -0.25) is 4.79 Å². The molecule has 0 radical (unpaired) electrons. The van der Waals surface area contributed by atoms with Gasteiger partial charge in [-0.1, -0.05) is 12.8 Å². The van der Waals surface area contributed by atoms with E-state index in [2.05, 4.69) is 11.8 Å². The van der Waals surface area contributed by atoms with Gasteiger partial charge in [0.1, 0.15) is 0 Å². The first-order valence-electron chi connectivity index (χ1n) is 7.42. The zero-order valence-electron chi connectivity index (χ0n) is 12.7. The molecule has 0 atom stereocenters. The summed E-state index contributed by atoms with van der Waals surface area (Å²) in [6.07, 6.45) is 5.02. The molecule has 1 aliphatic carbocycles. The lowest BCUT2D eigenvalue weighted by Crippen LogP contribution is -2.34. The number of nitrogens with zero attached hydrogens (tertiary/aromatic N) is 2. The summed E-state index contributed by atoms with van der Waals surface area (Å²) >= 11 is 0. The van der Waals surface area contributed by atoms with Crippen molar-refractivity contribution >= 4 is 17.3 Å². The zero-order valence-corrected chi connectivity index (χ0v) is 12.7. The molecule has 1 aliphatic rings. The van der Waals surface area contributed by atoms with Crippen LogP contribution in [0.25, 0.3) is 0 Å². The maximum absolute atomic E-state index is 12.1. The van der Waals surface area contributed by atoms with E-state index in [-0.39, 0.29) is 5.91 Å². The third kappa shape index (κ3) is 2.89. The molecule has 1 aromatic carbocycles. The van der Waals surface area contributed by atoms with Gasteiger partial charge in [-0.2, -0.15) is 0 Å². The highest BCUT2D eigenvalue weighted by Crippen LogP contribution is 2.32. The Balaban J connectivity index is 2.33. The number of carbonyl (C=O) groups excluding carboxylic acids is 1. The van der Waals surface area contributed by atoms with Crippen molar-refractivity contribution in [2.24, 2.45) is 0 Å². The minimum atomic E-state index is 0.0220. The lowest BCUT2D eigenvalue weighted by atomic mass is 10.1. The Hall–Kier alpha value is -1.71. The largest absolute Gasteiger partial charge is 0.397 e. The molecule has 0 bridgehead atoms. The number of nitrogens with two attached hydrogens (primary N) is 1. The van der Waals surface area contributed by atoms with Gasteiger partial charge in [0.05, 0.1) is 11.4 Å². The topological polar surface area (TPSA) is 49.6 Å². The van der Waals surface area contributed by atoms with Crippen LogP contribution in [-0.2, 0) is 0 Å². The van der Waals surface area contributed by atoms with Gasteiger partial charge in [0.25, 0.3) is 5.91 Å². The van der Waals surface area contributed by atoms with E-state index >= 15 is 0 Å². The molecular weight excluding hydrogens is 250 g/mol. The van der Waals surface area contributed by atoms with Crippen molar-refractivity contribution in [3.63, 3.8) is 0 Å². The minimum Gasteiger partial charge on any atom is -0.397 e. The van der Waals surface area contributed by atoms with E-state index in [0.29, 0.717) is 11.6 Å². The molecular formula is C16H25N3O. The zero-order chi connectivity index (χ0) is 14.7. The van der Waals surface area contributed by atoms with E-state index in [1.165, 1.54) is 25.7 Å². The molecule has 110 valence electrons. The molecule has 1 amide bonds. The van der Waals surface area contributed by atoms with Crippen LogP contribution in [-0.4, -0.2) is 37.5 Å². The second-order valence-corrected chi connectivity index (χ2v) is 5.70. The van der Waals surface area contributed by atoms with Crippen LogP contribution in [0.4, 0.5) is 11.4 Å². The molecule has 0 spiro atoms. The normalized spacial score (nSPS) is 15.3. The molecule has 20 heavy (non-hydrogen) atoms. The molecule has 1 fully saturated rings. The molecule has 0 aromatic heterocycles. The average molecular weight is 275 g/mol. The maximum Gasteiger partial charge on any atom is 0.253 e. The van der Waals surface area contributed by atoms with Gasteiger partial charge in [0.15, 0.2) is 0 Å². The van der Waals surface area contributed by atoms with Crippen LogP contribution in [0.2, 0.25) is 0 Å². The number of rotatable bonds is 4. The number of anilines is 2. The van der Waals surface area contributed by atoms with Crippen LogP contribution in [0, 0.1) is 0 Å². The summed E-state index contributed by atoms with van der Waals surface area (Å²) in [7, 11) is 3.54. The Morgan fingerprint density at radius 3 is 2.50 bits per heavy atom. The minimum absolute atomic E-state index is 0.0220. The van der Waals surface area contributed by atoms with E-state index in [0.717, 1.165) is 17.9 Å². The fourth-order valence-electron chi connectivity index (χ4n) is 3.02. The van der Waals surface area contributed by atoms with Crippen LogP contribution in [0.5, 0.6) is 0 Å². The average Bonchev–Trinajstić information content (AvgIpc) is 2.94. The standard InChI is InChI=1S/C16H25N3O/c1-4-19(13-7-5-6-8-13)15-11-12(9-10-14(15)17)16(20)18(2)3/h9-11,13H,4-8,17H2,1-3H3. The van der Waals surface area contributed by atoms with Gasteiger partial charge in [-0.25, -0.2) is 0 Å². The number of carbonyl (C=O) groups is 1. The molecule has 0 unspecified atom stereocenters. The lowest BCUT2D eigenvalue weighted by molar-refractivity contribution is 0.0827. The van der Waals surface area contributed by atoms with E-state index in [1.54, 1.807) is 19.0 Å². The van der Waals surface area contributed by atoms with Crippen molar-refractivity contribution in [1.29, 1.82) is 0 Å². The number of nitrogen functional groups attached to an aromatic ring is 1. The highest BCUT2D eigenvalue weighted by Gasteiger charge is 2.23.